The summed E-state index contributed by atoms with van der Waals surface area (Å²) >= 11 is 0. The standard InChI is InChI=1S/C22H25N3O4/c1-27-20-5-3-18(23-9-20)11-29-19-4-2-16-6-7-24(10-17(16)8-19)21(26)25-12-22(13-25)14-28-15-22/h2-5,8-9H,6-7,10-15H2,1H3. The van der Waals surface area contributed by atoms with E-state index in [1.54, 1.807) is 13.3 Å². The Morgan fingerprint density at radius 3 is 2.66 bits per heavy atom. The van der Waals surface area contributed by atoms with Crippen LogP contribution < -0.4 is 9.47 Å². The first kappa shape index (κ1) is 18.2. The third-order valence-corrected chi connectivity index (χ3v) is 6.02. The Bertz CT molecular complexity index is 903. The van der Waals surface area contributed by atoms with Crippen LogP contribution in [-0.4, -0.2) is 60.8 Å². The number of carbonyl (C=O) groups excluding carboxylic acids is 1. The number of benzene rings is 1. The number of hydrogen-bond acceptors (Lipinski definition) is 5. The van der Waals surface area contributed by atoms with Gasteiger partial charge >= 0.3 is 6.03 Å². The molecule has 3 aliphatic heterocycles. The van der Waals surface area contributed by atoms with Crippen LogP contribution in [0, 0.1) is 5.41 Å². The van der Waals surface area contributed by atoms with Gasteiger partial charge in [-0.25, -0.2) is 4.79 Å². The molecule has 1 aromatic heterocycles. The lowest BCUT2D eigenvalue weighted by Crippen LogP contribution is -2.68. The Morgan fingerprint density at radius 1 is 1.14 bits per heavy atom. The van der Waals surface area contributed by atoms with Crippen LogP contribution in [0.15, 0.2) is 36.5 Å². The van der Waals surface area contributed by atoms with E-state index in [0.717, 1.165) is 62.0 Å². The minimum Gasteiger partial charge on any atom is -0.495 e. The Balaban J connectivity index is 1.20. The van der Waals surface area contributed by atoms with Gasteiger partial charge in [0.15, 0.2) is 0 Å². The minimum atomic E-state index is 0.141. The van der Waals surface area contributed by atoms with Crippen molar-refractivity contribution >= 4 is 6.03 Å². The molecule has 0 saturated carbocycles. The first-order chi connectivity index (χ1) is 14.1. The second kappa shape index (κ2) is 7.22. The summed E-state index contributed by atoms with van der Waals surface area (Å²) in [6.45, 7) is 5.03. The summed E-state index contributed by atoms with van der Waals surface area (Å²) in [5.74, 6) is 1.52. The summed E-state index contributed by atoms with van der Waals surface area (Å²) in [5, 5.41) is 0. The van der Waals surface area contributed by atoms with Gasteiger partial charge in [-0.1, -0.05) is 6.07 Å². The first-order valence-corrected chi connectivity index (χ1v) is 9.99. The molecule has 3 aliphatic rings. The number of carbonyl (C=O) groups is 1. The van der Waals surface area contributed by atoms with Gasteiger partial charge in [0.1, 0.15) is 18.1 Å². The highest BCUT2D eigenvalue weighted by atomic mass is 16.5. The van der Waals surface area contributed by atoms with Crippen LogP contribution in [-0.2, 0) is 24.3 Å². The van der Waals surface area contributed by atoms with Gasteiger partial charge in [0.05, 0.1) is 37.6 Å². The van der Waals surface area contributed by atoms with Crippen molar-refractivity contribution in [3.05, 3.63) is 53.3 Å². The molecule has 0 unspecified atom stereocenters. The van der Waals surface area contributed by atoms with Crippen molar-refractivity contribution in [2.45, 2.75) is 19.6 Å². The molecule has 7 heteroatoms. The molecule has 152 valence electrons. The summed E-state index contributed by atoms with van der Waals surface area (Å²) in [6.07, 6.45) is 2.56. The van der Waals surface area contributed by atoms with Gasteiger partial charge in [-0.2, -0.15) is 0 Å². The first-order valence-electron chi connectivity index (χ1n) is 9.99. The normalized spacial score (nSPS) is 19.2. The summed E-state index contributed by atoms with van der Waals surface area (Å²) < 4.78 is 16.4. The zero-order valence-corrected chi connectivity index (χ0v) is 16.6. The van der Waals surface area contributed by atoms with E-state index in [4.69, 9.17) is 14.2 Å². The largest absolute Gasteiger partial charge is 0.495 e. The minimum absolute atomic E-state index is 0.141. The predicted octanol–water partition coefficient (Wildman–Crippen LogP) is 2.48. The molecule has 2 saturated heterocycles. The van der Waals surface area contributed by atoms with Crippen LogP contribution >= 0.6 is 0 Å². The molecule has 1 spiro atoms. The van der Waals surface area contributed by atoms with E-state index in [2.05, 4.69) is 17.1 Å². The van der Waals surface area contributed by atoms with Crippen molar-refractivity contribution in [1.29, 1.82) is 0 Å². The molecular formula is C22H25N3O4. The van der Waals surface area contributed by atoms with Crippen LogP contribution in [0.3, 0.4) is 0 Å². The molecule has 5 rings (SSSR count). The molecule has 0 atom stereocenters. The maximum absolute atomic E-state index is 12.8. The number of aromatic nitrogens is 1. The Kier molecular flexibility index (Phi) is 4.54. The van der Waals surface area contributed by atoms with Crippen molar-refractivity contribution in [2.24, 2.45) is 5.41 Å². The fourth-order valence-electron chi connectivity index (χ4n) is 4.23. The molecule has 1 aromatic carbocycles. The highest BCUT2D eigenvalue weighted by Crippen LogP contribution is 2.38. The fraction of sp³-hybridized carbons (Fsp3) is 0.455. The van der Waals surface area contributed by atoms with E-state index < -0.39 is 0 Å². The maximum Gasteiger partial charge on any atom is 0.320 e. The number of nitrogens with zero attached hydrogens (tertiary/aromatic N) is 3. The molecule has 4 heterocycles. The average Bonchev–Trinajstić information content (AvgIpc) is 2.70. The van der Waals surface area contributed by atoms with Gasteiger partial charge in [-0.05, 0) is 41.8 Å². The quantitative estimate of drug-likeness (QED) is 0.796. The number of hydrogen-bond donors (Lipinski definition) is 0. The summed E-state index contributed by atoms with van der Waals surface area (Å²) in [5.41, 5.74) is 3.54. The maximum atomic E-state index is 12.8. The lowest BCUT2D eigenvalue weighted by Gasteiger charge is -2.55. The van der Waals surface area contributed by atoms with Gasteiger partial charge < -0.3 is 24.0 Å². The second-order valence-corrected chi connectivity index (χ2v) is 8.21. The number of urea groups is 1. The molecule has 0 bridgehead atoms. The van der Waals surface area contributed by atoms with Crippen LogP contribution in [0.4, 0.5) is 4.79 Å². The Labute approximate surface area is 170 Å². The third-order valence-electron chi connectivity index (χ3n) is 6.02. The van der Waals surface area contributed by atoms with Crippen molar-refractivity contribution in [3.8, 4) is 11.5 Å². The smallest absolute Gasteiger partial charge is 0.320 e. The summed E-state index contributed by atoms with van der Waals surface area (Å²) in [4.78, 5) is 21.1. The monoisotopic (exact) mass is 395 g/mol. The van der Waals surface area contributed by atoms with Gasteiger partial charge in [-0.3, -0.25) is 4.98 Å². The molecule has 29 heavy (non-hydrogen) atoms. The number of ether oxygens (including phenoxy) is 3. The van der Waals surface area contributed by atoms with E-state index in [1.165, 1.54) is 5.56 Å². The molecule has 0 N–H and O–H groups in total. The molecule has 2 fully saturated rings. The van der Waals surface area contributed by atoms with Crippen molar-refractivity contribution < 1.29 is 19.0 Å². The zero-order valence-electron chi connectivity index (χ0n) is 16.6. The van der Waals surface area contributed by atoms with Crippen molar-refractivity contribution in [2.75, 3.05) is 40.0 Å². The van der Waals surface area contributed by atoms with Crippen LogP contribution in [0.1, 0.15) is 16.8 Å². The van der Waals surface area contributed by atoms with Crippen LogP contribution in [0.5, 0.6) is 11.5 Å². The summed E-state index contributed by atoms with van der Waals surface area (Å²) in [6, 6.07) is 10.1. The highest BCUT2D eigenvalue weighted by molar-refractivity contribution is 5.76. The fourth-order valence-corrected chi connectivity index (χ4v) is 4.23. The van der Waals surface area contributed by atoms with E-state index in [9.17, 15) is 4.79 Å². The van der Waals surface area contributed by atoms with Crippen molar-refractivity contribution in [1.82, 2.24) is 14.8 Å². The highest BCUT2D eigenvalue weighted by Gasteiger charge is 2.51. The van der Waals surface area contributed by atoms with E-state index in [0.29, 0.717) is 13.2 Å². The molecule has 2 aromatic rings. The van der Waals surface area contributed by atoms with E-state index in [-0.39, 0.29) is 11.4 Å². The lowest BCUT2D eigenvalue weighted by molar-refractivity contribution is -0.177. The number of fused-ring (bicyclic) bond motifs is 1. The molecule has 0 radical (unpaired) electrons. The third kappa shape index (κ3) is 3.51. The summed E-state index contributed by atoms with van der Waals surface area (Å²) in [7, 11) is 1.62. The molecule has 2 amide bonds. The van der Waals surface area contributed by atoms with Crippen LogP contribution in [0.25, 0.3) is 0 Å². The predicted molar refractivity (Wildman–Crippen MR) is 106 cm³/mol. The second-order valence-electron chi connectivity index (χ2n) is 8.21. The number of pyridine rings is 1. The SMILES string of the molecule is COc1ccc(COc2ccc3c(c2)CN(C(=O)N2CC4(COC4)C2)CC3)nc1. The van der Waals surface area contributed by atoms with Crippen LogP contribution in [0.2, 0.25) is 0 Å². The lowest BCUT2D eigenvalue weighted by atomic mass is 9.78. The molecule has 0 aliphatic carbocycles. The van der Waals surface area contributed by atoms with E-state index in [1.807, 2.05) is 28.0 Å². The number of methoxy groups -OCH3 is 1. The van der Waals surface area contributed by atoms with Gasteiger partial charge in [0, 0.05) is 26.2 Å². The van der Waals surface area contributed by atoms with Gasteiger partial charge in [0.25, 0.3) is 0 Å². The van der Waals surface area contributed by atoms with Gasteiger partial charge in [0.2, 0.25) is 0 Å². The van der Waals surface area contributed by atoms with Gasteiger partial charge in [-0.15, -0.1) is 0 Å². The Morgan fingerprint density at radius 2 is 1.97 bits per heavy atom. The van der Waals surface area contributed by atoms with E-state index >= 15 is 0 Å². The Hall–Kier alpha value is -2.80. The average molecular weight is 395 g/mol. The number of rotatable bonds is 4. The topological polar surface area (TPSA) is 64.1 Å². The zero-order chi connectivity index (χ0) is 19.8. The number of likely N-dealkylation sites (tertiary alicyclic amines) is 1. The van der Waals surface area contributed by atoms with Crippen molar-refractivity contribution in [3.63, 3.8) is 0 Å². The molecular weight excluding hydrogens is 370 g/mol. The molecule has 7 nitrogen and oxygen atoms in total. The number of amides is 2.